The van der Waals surface area contributed by atoms with Crippen LogP contribution in [0.3, 0.4) is 0 Å². The minimum Gasteiger partial charge on any atom is -0.345 e. The van der Waals surface area contributed by atoms with Gasteiger partial charge < -0.3 is 9.80 Å². The van der Waals surface area contributed by atoms with Gasteiger partial charge in [0, 0.05) is 19.6 Å². The first-order valence-corrected chi connectivity index (χ1v) is 6.98. The van der Waals surface area contributed by atoms with E-state index in [1.165, 1.54) is 0 Å². The Morgan fingerprint density at radius 2 is 1.94 bits per heavy atom. The van der Waals surface area contributed by atoms with Crippen LogP contribution in [0.25, 0.3) is 0 Å². The number of nitrogens with zero attached hydrogens (tertiary/aromatic N) is 4. The van der Waals surface area contributed by atoms with Crippen molar-refractivity contribution in [3.63, 3.8) is 0 Å². The van der Waals surface area contributed by atoms with Crippen LogP contribution in [0.5, 0.6) is 0 Å². The SMILES string of the molecule is CC(C)CN(CCN(C)C)c1nnc(Br)s1. The molecule has 0 bridgehead atoms. The lowest BCUT2D eigenvalue weighted by atomic mass is 10.2. The van der Waals surface area contributed by atoms with Crippen LogP contribution in [-0.4, -0.2) is 48.8 Å². The third-order valence-corrected chi connectivity index (χ3v) is 3.48. The van der Waals surface area contributed by atoms with Crippen molar-refractivity contribution in [1.29, 1.82) is 0 Å². The van der Waals surface area contributed by atoms with Gasteiger partial charge in [-0.3, -0.25) is 0 Å². The van der Waals surface area contributed by atoms with E-state index >= 15 is 0 Å². The third-order valence-electron chi connectivity index (χ3n) is 2.06. The lowest BCUT2D eigenvalue weighted by Crippen LogP contribution is -2.34. The minimum absolute atomic E-state index is 0.629. The Balaban J connectivity index is 2.63. The van der Waals surface area contributed by atoms with E-state index in [0.717, 1.165) is 28.7 Å². The first-order chi connectivity index (χ1) is 7.49. The van der Waals surface area contributed by atoms with Crippen molar-refractivity contribution in [2.75, 3.05) is 38.6 Å². The summed E-state index contributed by atoms with van der Waals surface area (Å²) < 4.78 is 0.848. The molecule has 0 N–H and O–H groups in total. The fraction of sp³-hybridized carbons (Fsp3) is 0.800. The molecule has 0 aliphatic heterocycles. The summed E-state index contributed by atoms with van der Waals surface area (Å²) in [4.78, 5) is 4.48. The summed E-state index contributed by atoms with van der Waals surface area (Å²) >= 11 is 4.95. The topological polar surface area (TPSA) is 32.3 Å². The molecule has 1 heterocycles. The Morgan fingerprint density at radius 3 is 2.38 bits per heavy atom. The van der Waals surface area contributed by atoms with Crippen molar-refractivity contribution >= 4 is 32.4 Å². The summed E-state index contributed by atoms with van der Waals surface area (Å²) in [6.45, 7) is 7.49. The fourth-order valence-corrected chi connectivity index (χ4v) is 2.48. The van der Waals surface area contributed by atoms with Crippen molar-refractivity contribution < 1.29 is 0 Å². The summed E-state index contributed by atoms with van der Waals surface area (Å²) in [6, 6.07) is 0. The molecule has 0 saturated heterocycles. The van der Waals surface area contributed by atoms with Gasteiger partial charge in [0.05, 0.1) is 0 Å². The van der Waals surface area contributed by atoms with Crippen molar-refractivity contribution in [3.05, 3.63) is 3.92 Å². The second-order valence-corrected chi connectivity index (χ2v) is 6.71. The van der Waals surface area contributed by atoms with Crippen molar-refractivity contribution in [2.24, 2.45) is 5.92 Å². The zero-order chi connectivity index (χ0) is 12.1. The molecule has 0 aliphatic rings. The quantitative estimate of drug-likeness (QED) is 0.807. The lowest BCUT2D eigenvalue weighted by molar-refractivity contribution is 0.408. The summed E-state index contributed by atoms with van der Waals surface area (Å²) in [7, 11) is 4.17. The number of aromatic nitrogens is 2. The smallest absolute Gasteiger partial charge is 0.209 e. The molecule has 1 aromatic heterocycles. The zero-order valence-electron chi connectivity index (χ0n) is 10.3. The van der Waals surface area contributed by atoms with E-state index in [1.807, 2.05) is 0 Å². The maximum atomic E-state index is 4.18. The summed E-state index contributed by atoms with van der Waals surface area (Å²) in [6.07, 6.45) is 0. The van der Waals surface area contributed by atoms with Gasteiger partial charge in [0.15, 0.2) is 3.92 Å². The second-order valence-electron chi connectivity index (χ2n) is 4.48. The molecule has 0 spiro atoms. The monoisotopic (exact) mass is 306 g/mol. The first kappa shape index (κ1) is 13.9. The number of halogens is 1. The zero-order valence-corrected chi connectivity index (χ0v) is 12.7. The molecule has 0 fully saturated rings. The number of hydrogen-bond acceptors (Lipinski definition) is 5. The Bertz CT molecular complexity index is 314. The van der Waals surface area contributed by atoms with E-state index in [-0.39, 0.29) is 0 Å². The predicted molar refractivity (Wildman–Crippen MR) is 73.2 cm³/mol. The van der Waals surface area contributed by atoms with Gasteiger partial charge >= 0.3 is 0 Å². The maximum absolute atomic E-state index is 4.18. The lowest BCUT2D eigenvalue weighted by Gasteiger charge is -2.24. The average molecular weight is 307 g/mol. The van der Waals surface area contributed by atoms with Crippen LogP contribution in [0, 0.1) is 5.92 Å². The van der Waals surface area contributed by atoms with Crippen LogP contribution in [-0.2, 0) is 0 Å². The molecule has 16 heavy (non-hydrogen) atoms. The highest BCUT2D eigenvalue weighted by atomic mass is 79.9. The highest BCUT2D eigenvalue weighted by molar-refractivity contribution is 9.11. The number of likely N-dealkylation sites (N-methyl/N-ethyl adjacent to an activating group) is 1. The largest absolute Gasteiger partial charge is 0.345 e. The van der Waals surface area contributed by atoms with Crippen LogP contribution in [0.1, 0.15) is 13.8 Å². The molecule has 0 radical (unpaired) electrons. The van der Waals surface area contributed by atoms with Crippen molar-refractivity contribution in [1.82, 2.24) is 15.1 Å². The average Bonchev–Trinajstić information content (AvgIpc) is 2.58. The van der Waals surface area contributed by atoms with Crippen LogP contribution >= 0.6 is 27.3 Å². The van der Waals surface area contributed by atoms with Gasteiger partial charge in [0.2, 0.25) is 5.13 Å². The van der Waals surface area contributed by atoms with E-state index in [0.29, 0.717) is 5.92 Å². The van der Waals surface area contributed by atoms with E-state index in [1.54, 1.807) is 11.3 Å². The molecule has 1 aromatic rings. The highest BCUT2D eigenvalue weighted by Crippen LogP contribution is 2.24. The van der Waals surface area contributed by atoms with E-state index in [9.17, 15) is 0 Å². The van der Waals surface area contributed by atoms with Crippen LogP contribution < -0.4 is 4.90 Å². The summed E-state index contributed by atoms with van der Waals surface area (Å²) in [5.74, 6) is 0.629. The Hall–Kier alpha value is -0.200. The predicted octanol–water partition coefficient (Wildman–Crippen LogP) is 2.32. The normalized spacial score (nSPS) is 11.4. The molecule has 0 saturated carbocycles. The number of anilines is 1. The van der Waals surface area contributed by atoms with E-state index in [2.05, 4.69) is 63.9 Å². The maximum Gasteiger partial charge on any atom is 0.209 e. The van der Waals surface area contributed by atoms with Gasteiger partial charge in [-0.15, -0.1) is 10.2 Å². The van der Waals surface area contributed by atoms with E-state index in [4.69, 9.17) is 0 Å². The summed E-state index contributed by atoms with van der Waals surface area (Å²) in [5.41, 5.74) is 0. The third kappa shape index (κ3) is 4.76. The Labute approximate surface area is 110 Å². The van der Waals surface area contributed by atoms with Gasteiger partial charge in [-0.05, 0) is 35.9 Å². The summed E-state index contributed by atoms with van der Waals surface area (Å²) in [5, 5.41) is 9.18. The second kappa shape index (κ2) is 6.51. The highest BCUT2D eigenvalue weighted by Gasteiger charge is 2.13. The van der Waals surface area contributed by atoms with Crippen LogP contribution in [0.4, 0.5) is 5.13 Å². The van der Waals surface area contributed by atoms with Crippen LogP contribution in [0.2, 0.25) is 0 Å². The standard InChI is InChI=1S/C10H19BrN4S/c1-8(2)7-15(6-5-14(3)4)10-13-12-9(11)16-10/h8H,5-7H2,1-4H3. The molecule has 6 heteroatoms. The van der Waals surface area contributed by atoms with Gasteiger partial charge in [-0.2, -0.15) is 0 Å². The van der Waals surface area contributed by atoms with Gasteiger partial charge in [-0.25, -0.2) is 0 Å². The molecule has 0 atom stereocenters. The van der Waals surface area contributed by atoms with Crippen LogP contribution in [0.15, 0.2) is 3.92 Å². The van der Waals surface area contributed by atoms with Crippen molar-refractivity contribution in [2.45, 2.75) is 13.8 Å². The molecule has 92 valence electrons. The van der Waals surface area contributed by atoms with Crippen molar-refractivity contribution in [3.8, 4) is 0 Å². The Kier molecular flexibility index (Phi) is 5.64. The molecular weight excluding hydrogens is 288 g/mol. The first-order valence-electron chi connectivity index (χ1n) is 5.37. The van der Waals surface area contributed by atoms with Gasteiger partial charge in [0.25, 0.3) is 0 Å². The molecular formula is C10H19BrN4S. The molecule has 1 rings (SSSR count). The minimum atomic E-state index is 0.629. The van der Waals surface area contributed by atoms with Gasteiger partial charge in [-0.1, -0.05) is 25.2 Å². The van der Waals surface area contributed by atoms with E-state index < -0.39 is 0 Å². The molecule has 0 aromatic carbocycles. The number of hydrogen-bond donors (Lipinski definition) is 0. The fourth-order valence-electron chi connectivity index (χ4n) is 1.35. The Morgan fingerprint density at radius 1 is 1.25 bits per heavy atom. The molecule has 0 amide bonds. The van der Waals surface area contributed by atoms with Gasteiger partial charge in [0.1, 0.15) is 0 Å². The molecule has 0 aliphatic carbocycles. The molecule has 4 nitrogen and oxygen atoms in total. The molecule has 0 unspecified atom stereocenters. The number of rotatable bonds is 6.